The molecule has 4 rings (SSSR count). The Morgan fingerprint density at radius 3 is 2.62 bits per heavy atom. The van der Waals surface area contributed by atoms with E-state index in [-0.39, 0.29) is 0 Å². The molecule has 0 aromatic carbocycles. The molecule has 0 radical (unpaired) electrons. The van der Waals surface area contributed by atoms with E-state index < -0.39 is 0 Å². The molecule has 1 saturated carbocycles. The maximum absolute atomic E-state index is 4.50. The van der Waals surface area contributed by atoms with Crippen LogP contribution in [-0.4, -0.2) is 45.8 Å². The highest BCUT2D eigenvalue weighted by Crippen LogP contribution is 2.30. The van der Waals surface area contributed by atoms with Crippen LogP contribution in [0, 0.1) is 5.92 Å². The summed E-state index contributed by atoms with van der Waals surface area (Å²) >= 11 is 0. The van der Waals surface area contributed by atoms with Gasteiger partial charge in [-0.25, -0.2) is 0 Å². The number of likely N-dealkylation sites (tertiary alicyclic amines) is 1. The van der Waals surface area contributed by atoms with Crippen LogP contribution in [0.1, 0.15) is 56.1 Å². The third-order valence-corrected chi connectivity index (χ3v) is 5.60. The molecule has 0 bridgehead atoms. The Bertz CT molecular complexity index is 469. The van der Waals surface area contributed by atoms with E-state index >= 15 is 0 Å². The largest absolute Gasteiger partial charge is 0.312 e. The lowest BCUT2D eigenvalue weighted by Crippen LogP contribution is -2.37. The number of hydrogen-bond acceptors (Lipinski definition) is 4. The average Bonchev–Trinajstić information content (AvgIpc) is 3.17. The van der Waals surface area contributed by atoms with Gasteiger partial charge >= 0.3 is 0 Å². The molecule has 2 fully saturated rings. The number of hydrogen-bond donors (Lipinski definition) is 1. The lowest BCUT2D eigenvalue weighted by Gasteiger charge is -2.33. The Hall–Kier alpha value is -0.940. The molecule has 3 aliphatic rings. The van der Waals surface area contributed by atoms with Crippen molar-refractivity contribution in [3.05, 3.63) is 11.6 Å². The van der Waals surface area contributed by atoms with Gasteiger partial charge in [0.25, 0.3) is 0 Å². The van der Waals surface area contributed by atoms with E-state index in [4.69, 9.17) is 0 Å². The molecule has 5 nitrogen and oxygen atoms in total. The minimum Gasteiger partial charge on any atom is -0.312 e. The first-order valence-electron chi connectivity index (χ1n) is 8.75. The molecule has 1 N–H and O–H groups in total. The molecule has 0 spiro atoms. The summed E-state index contributed by atoms with van der Waals surface area (Å²) in [5.41, 5.74) is 0. The van der Waals surface area contributed by atoms with E-state index in [2.05, 4.69) is 25.0 Å². The third kappa shape index (κ3) is 2.86. The first kappa shape index (κ1) is 13.7. The highest BCUT2D eigenvalue weighted by Gasteiger charge is 2.28. The molecule has 5 heteroatoms. The number of rotatable bonds is 3. The first-order valence-corrected chi connectivity index (χ1v) is 8.75. The van der Waals surface area contributed by atoms with Gasteiger partial charge in [0.15, 0.2) is 0 Å². The molecule has 1 aromatic heterocycles. The maximum atomic E-state index is 4.50. The van der Waals surface area contributed by atoms with E-state index in [9.17, 15) is 0 Å². The summed E-state index contributed by atoms with van der Waals surface area (Å²) in [4.78, 5) is 2.70. The molecule has 0 atom stereocenters. The molecule has 1 aliphatic carbocycles. The average molecular weight is 289 g/mol. The van der Waals surface area contributed by atoms with Gasteiger partial charge in [-0.3, -0.25) is 0 Å². The predicted octanol–water partition coefficient (Wildman–Crippen LogP) is 1.75. The van der Waals surface area contributed by atoms with Crippen LogP contribution < -0.4 is 5.32 Å². The summed E-state index contributed by atoms with van der Waals surface area (Å²) in [6.45, 7) is 6.82. The van der Waals surface area contributed by atoms with Crippen molar-refractivity contribution in [3.63, 3.8) is 0 Å². The molecule has 21 heavy (non-hydrogen) atoms. The van der Waals surface area contributed by atoms with Crippen LogP contribution in [-0.2, 0) is 13.1 Å². The Balaban J connectivity index is 1.35. The monoisotopic (exact) mass is 289 g/mol. The standard InChI is InChI=1S/C16H27N5/c1-2-4-13(3-1)12-20-8-5-14(6-9-20)16-19-18-15-11-17-7-10-21(15)16/h13-14,17H,1-12H2. The van der Waals surface area contributed by atoms with Gasteiger partial charge < -0.3 is 14.8 Å². The zero-order valence-corrected chi connectivity index (χ0v) is 12.9. The van der Waals surface area contributed by atoms with Gasteiger partial charge in [-0.05, 0) is 44.7 Å². The first-order chi connectivity index (χ1) is 10.4. The summed E-state index contributed by atoms with van der Waals surface area (Å²) in [5.74, 6) is 3.99. The van der Waals surface area contributed by atoms with Crippen LogP contribution in [0.4, 0.5) is 0 Å². The van der Waals surface area contributed by atoms with Crippen LogP contribution in [0.5, 0.6) is 0 Å². The second-order valence-electron chi connectivity index (χ2n) is 7.03. The van der Waals surface area contributed by atoms with Crippen LogP contribution >= 0.6 is 0 Å². The number of aromatic nitrogens is 3. The summed E-state index contributed by atoms with van der Waals surface area (Å²) in [6.07, 6.45) is 8.37. The molecule has 3 heterocycles. The normalized spacial score (nSPS) is 25.3. The fourth-order valence-corrected chi connectivity index (χ4v) is 4.35. The van der Waals surface area contributed by atoms with Crippen molar-refractivity contribution in [1.82, 2.24) is 25.0 Å². The molecule has 0 amide bonds. The summed E-state index contributed by atoms with van der Waals surface area (Å²) in [5, 5.41) is 12.2. The van der Waals surface area contributed by atoms with Crippen molar-refractivity contribution < 1.29 is 0 Å². The van der Waals surface area contributed by atoms with Gasteiger partial charge in [0.05, 0.1) is 6.54 Å². The molecular weight excluding hydrogens is 262 g/mol. The van der Waals surface area contributed by atoms with Crippen molar-refractivity contribution in [2.45, 2.75) is 57.5 Å². The molecule has 1 saturated heterocycles. The lowest BCUT2D eigenvalue weighted by molar-refractivity contribution is 0.179. The quantitative estimate of drug-likeness (QED) is 0.921. The van der Waals surface area contributed by atoms with Crippen molar-refractivity contribution in [2.75, 3.05) is 26.2 Å². The summed E-state index contributed by atoms with van der Waals surface area (Å²) < 4.78 is 2.37. The van der Waals surface area contributed by atoms with Gasteiger partial charge in [-0.15, -0.1) is 10.2 Å². The smallest absolute Gasteiger partial charge is 0.147 e. The van der Waals surface area contributed by atoms with Crippen LogP contribution in [0.3, 0.4) is 0 Å². The molecular formula is C16H27N5. The zero-order valence-electron chi connectivity index (χ0n) is 12.9. The number of nitrogens with one attached hydrogen (secondary N) is 1. The molecule has 116 valence electrons. The Morgan fingerprint density at radius 1 is 1.00 bits per heavy atom. The van der Waals surface area contributed by atoms with Crippen molar-refractivity contribution in [2.24, 2.45) is 5.92 Å². The molecule has 0 unspecified atom stereocenters. The van der Waals surface area contributed by atoms with Crippen LogP contribution in [0.2, 0.25) is 0 Å². The Morgan fingerprint density at radius 2 is 1.81 bits per heavy atom. The number of nitrogens with zero attached hydrogens (tertiary/aromatic N) is 4. The van der Waals surface area contributed by atoms with Gasteiger partial charge in [-0.1, -0.05) is 12.8 Å². The van der Waals surface area contributed by atoms with E-state index in [1.165, 1.54) is 64.0 Å². The van der Waals surface area contributed by atoms with Crippen molar-refractivity contribution in [1.29, 1.82) is 0 Å². The molecule has 2 aliphatic heterocycles. The summed E-state index contributed by atoms with van der Waals surface area (Å²) in [6, 6.07) is 0. The fourth-order valence-electron chi connectivity index (χ4n) is 4.35. The molecule has 1 aromatic rings. The maximum Gasteiger partial charge on any atom is 0.147 e. The highest BCUT2D eigenvalue weighted by molar-refractivity contribution is 5.05. The van der Waals surface area contributed by atoms with E-state index in [1.807, 2.05) is 0 Å². The third-order valence-electron chi connectivity index (χ3n) is 5.60. The SMILES string of the molecule is C1CCC(CN2CCC(c3nnc4n3CCNC4)CC2)C1. The Labute approximate surface area is 127 Å². The van der Waals surface area contributed by atoms with Crippen LogP contribution in [0.15, 0.2) is 0 Å². The van der Waals surface area contributed by atoms with Crippen LogP contribution in [0.25, 0.3) is 0 Å². The number of piperidine rings is 1. The zero-order chi connectivity index (χ0) is 14.1. The van der Waals surface area contributed by atoms with E-state index in [0.29, 0.717) is 5.92 Å². The van der Waals surface area contributed by atoms with Gasteiger partial charge in [-0.2, -0.15) is 0 Å². The highest BCUT2D eigenvalue weighted by atomic mass is 15.3. The predicted molar refractivity (Wildman–Crippen MR) is 82.1 cm³/mol. The Kier molecular flexibility index (Phi) is 3.95. The fraction of sp³-hybridized carbons (Fsp3) is 0.875. The summed E-state index contributed by atoms with van der Waals surface area (Å²) in [7, 11) is 0. The second kappa shape index (κ2) is 6.05. The second-order valence-corrected chi connectivity index (χ2v) is 7.03. The minimum atomic E-state index is 0.629. The topological polar surface area (TPSA) is 46.0 Å². The van der Waals surface area contributed by atoms with E-state index in [1.54, 1.807) is 0 Å². The number of fused-ring (bicyclic) bond motifs is 1. The minimum absolute atomic E-state index is 0.629. The van der Waals surface area contributed by atoms with Crippen molar-refractivity contribution >= 4 is 0 Å². The van der Waals surface area contributed by atoms with Gasteiger partial charge in [0, 0.05) is 25.6 Å². The van der Waals surface area contributed by atoms with Crippen molar-refractivity contribution in [3.8, 4) is 0 Å². The lowest BCUT2D eigenvalue weighted by atomic mass is 9.94. The van der Waals surface area contributed by atoms with Gasteiger partial charge in [0.1, 0.15) is 11.6 Å². The van der Waals surface area contributed by atoms with E-state index in [0.717, 1.165) is 31.4 Å². The van der Waals surface area contributed by atoms with Gasteiger partial charge in [0.2, 0.25) is 0 Å².